The molecule has 0 aromatic carbocycles. The summed E-state index contributed by atoms with van der Waals surface area (Å²) in [6.45, 7) is 4.57. The van der Waals surface area contributed by atoms with Crippen molar-refractivity contribution in [1.29, 1.82) is 0 Å². The second-order valence-corrected chi connectivity index (χ2v) is 4.31. The zero-order valence-corrected chi connectivity index (χ0v) is 10.2. The number of nitrogens with one attached hydrogen (secondary N) is 1. The van der Waals surface area contributed by atoms with Crippen LogP contribution < -0.4 is 5.32 Å². The van der Waals surface area contributed by atoms with Gasteiger partial charge in [-0.3, -0.25) is 4.90 Å². The minimum absolute atomic E-state index is 0.247. The molecule has 1 saturated heterocycles. The second-order valence-electron chi connectivity index (χ2n) is 4.31. The number of likely N-dealkylation sites (tertiary alicyclic amines) is 1. The minimum atomic E-state index is -4.12. The molecule has 6 heteroatoms. The van der Waals surface area contributed by atoms with Gasteiger partial charge in [0.1, 0.15) is 0 Å². The molecule has 0 aliphatic carbocycles. The number of halogens is 3. The summed E-state index contributed by atoms with van der Waals surface area (Å²) in [4.78, 5) is 2.16. The SMILES string of the molecule is CCOC1CCCN(CCNCC(F)(F)F)C1. The fourth-order valence-electron chi connectivity index (χ4n) is 2.06. The van der Waals surface area contributed by atoms with Crippen molar-refractivity contribution in [2.45, 2.75) is 32.0 Å². The minimum Gasteiger partial charge on any atom is -0.377 e. The van der Waals surface area contributed by atoms with Crippen molar-refractivity contribution in [3.8, 4) is 0 Å². The van der Waals surface area contributed by atoms with E-state index in [1.54, 1.807) is 0 Å². The monoisotopic (exact) mass is 254 g/mol. The number of alkyl halides is 3. The van der Waals surface area contributed by atoms with Gasteiger partial charge in [-0.15, -0.1) is 0 Å². The van der Waals surface area contributed by atoms with Gasteiger partial charge in [-0.05, 0) is 26.3 Å². The Labute approximate surface area is 100 Å². The Morgan fingerprint density at radius 1 is 1.41 bits per heavy atom. The van der Waals surface area contributed by atoms with Crippen LogP contribution in [0.4, 0.5) is 13.2 Å². The highest BCUT2D eigenvalue weighted by Gasteiger charge is 2.26. The summed E-state index contributed by atoms with van der Waals surface area (Å²) < 4.78 is 41.2. The van der Waals surface area contributed by atoms with E-state index in [1.807, 2.05) is 6.92 Å². The molecule has 0 saturated carbocycles. The first-order valence-electron chi connectivity index (χ1n) is 6.12. The molecule has 0 radical (unpaired) electrons. The largest absolute Gasteiger partial charge is 0.401 e. The van der Waals surface area contributed by atoms with E-state index in [-0.39, 0.29) is 6.10 Å². The molecule has 1 heterocycles. The van der Waals surface area contributed by atoms with Crippen LogP contribution in [0, 0.1) is 0 Å². The zero-order valence-electron chi connectivity index (χ0n) is 10.2. The highest BCUT2D eigenvalue weighted by atomic mass is 19.4. The predicted octanol–water partition coefficient (Wildman–Crippen LogP) is 1.64. The summed E-state index contributed by atoms with van der Waals surface area (Å²) in [5, 5.41) is 2.41. The van der Waals surface area contributed by atoms with E-state index >= 15 is 0 Å². The molecule has 1 N–H and O–H groups in total. The summed E-state index contributed by atoms with van der Waals surface area (Å²) >= 11 is 0. The Morgan fingerprint density at radius 2 is 2.18 bits per heavy atom. The van der Waals surface area contributed by atoms with E-state index < -0.39 is 12.7 Å². The quantitative estimate of drug-likeness (QED) is 0.729. The standard InChI is InChI=1S/C11H21F3N2O/c1-2-17-10-4-3-6-16(8-10)7-5-15-9-11(12,13)14/h10,15H,2-9H2,1H3. The van der Waals surface area contributed by atoms with Gasteiger partial charge in [-0.2, -0.15) is 13.2 Å². The Morgan fingerprint density at radius 3 is 2.82 bits per heavy atom. The predicted molar refractivity (Wildman–Crippen MR) is 60.0 cm³/mol. The second kappa shape index (κ2) is 7.18. The maximum Gasteiger partial charge on any atom is 0.401 e. The summed E-state index contributed by atoms with van der Waals surface area (Å²) in [5.41, 5.74) is 0. The van der Waals surface area contributed by atoms with Gasteiger partial charge in [0.2, 0.25) is 0 Å². The van der Waals surface area contributed by atoms with Crippen LogP contribution >= 0.6 is 0 Å². The van der Waals surface area contributed by atoms with Crippen LogP contribution in [0.5, 0.6) is 0 Å². The van der Waals surface area contributed by atoms with Crippen molar-refractivity contribution in [3.63, 3.8) is 0 Å². The molecule has 102 valence electrons. The number of nitrogens with zero attached hydrogens (tertiary/aromatic N) is 1. The van der Waals surface area contributed by atoms with Crippen LogP contribution in [0.1, 0.15) is 19.8 Å². The maximum absolute atomic E-state index is 11.9. The lowest BCUT2D eigenvalue weighted by molar-refractivity contribution is -0.124. The fourth-order valence-corrected chi connectivity index (χ4v) is 2.06. The van der Waals surface area contributed by atoms with Gasteiger partial charge in [-0.1, -0.05) is 0 Å². The van der Waals surface area contributed by atoms with Gasteiger partial charge in [0, 0.05) is 26.2 Å². The molecule has 0 aromatic rings. The first kappa shape index (κ1) is 14.7. The summed E-state index contributed by atoms with van der Waals surface area (Å²) in [6.07, 6.45) is -1.75. The van der Waals surface area contributed by atoms with Crippen LogP contribution in [-0.2, 0) is 4.74 Å². The number of hydrogen-bond donors (Lipinski definition) is 1. The summed E-state index contributed by atoms with van der Waals surface area (Å²) in [5.74, 6) is 0. The normalized spacial score (nSPS) is 22.9. The van der Waals surface area contributed by atoms with Crippen LogP contribution in [0.2, 0.25) is 0 Å². The lowest BCUT2D eigenvalue weighted by atomic mass is 10.1. The van der Waals surface area contributed by atoms with E-state index in [0.717, 1.165) is 25.9 Å². The Balaban J connectivity index is 2.10. The van der Waals surface area contributed by atoms with Crippen LogP contribution in [-0.4, -0.2) is 56.5 Å². The van der Waals surface area contributed by atoms with Crippen LogP contribution in [0.15, 0.2) is 0 Å². The van der Waals surface area contributed by atoms with Gasteiger partial charge < -0.3 is 10.1 Å². The van der Waals surface area contributed by atoms with Crippen molar-refractivity contribution in [2.75, 3.05) is 39.3 Å². The first-order chi connectivity index (χ1) is 8.01. The lowest BCUT2D eigenvalue weighted by Gasteiger charge is -2.32. The van der Waals surface area contributed by atoms with E-state index in [2.05, 4.69) is 10.2 Å². The number of hydrogen-bond acceptors (Lipinski definition) is 3. The van der Waals surface area contributed by atoms with Gasteiger partial charge in [0.05, 0.1) is 12.6 Å². The van der Waals surface area contributed by atoms with Gasteiger partial charge in [0.15, 0.2) is 0 Å². The third-order valence-electron chi connectivity index (χ3n) is 2.79. The highest BCUT2D eigenvalue weighted by molar-refractivity contribution is 4.73. The molecule has 0 spiro atoms. The molecule has 1 aliphatic heterocycles. The van der Waals surface area contributed by atoms with E-state index in [4.69, 9.17) is 4.74 Å². The third-order valence-corrected chi connectivity index (χ3v) is 2.79. The first-order valence-corrected chi connectivity index (χ1v) is 6.12. The van der Waals surface area contributed by atoms with Crippen molar-refractivity contribution >= 4 is 0 Å². The fraction of sp³-hybridized carbons (Fsp3) is 1.00. The van der Waals surface area contributed by atoms with E-state index in [9.17, 15) is 13.2 Å². The maximum atomic E-state index is 11.9. The van der Waals surface area contributed by atoms with E-state index in [0.29, 0.717) is 19.7 Å². The molecule has 0 bridgehead atoms. The highest BCUT2D eigenvalue weighted by Crippen LogP contribution is 2.13. The van der Waals surface area contributed by atoms with Crippen molar-refractivity contribution in [3.05, 3.63) is 0 Å². The topological polar surface area (TPSA) is 24.5 Å². The number of rotatable bonds is 6. The molecule has 3 nitrogen and oxygen atoms in total. The van der Waals surface area contributed by atoms with Crippen LogP contribution in [0.25, 0.3) is 0 Å². The molecule has 0 amide bonds. The molecule has 1 rings (SSSR count). The molecule has 1 aliphatic rings. The Kier molecular flexibility index (Phi) is 6.22. The van der Waals surface area contributed by atoms with Gasteiger partial charge in [0.25, 0.3) is 0 Å². The zero-order chi connectivity index (χ0) is 12.7. The molecular formula is C11H21F3N2O. The summed E-state index contributed by atoms with van der Waals surface area (Å²) in [7, 11) is 0. The molecule has 17 heavy (non-hydrogen) atoms. The average Bonchev–Trinajstić information content (AvgIpc) is 2.24. The lowest BCUT2D eigenvalue weighted by Crippen LogP contribution is -2.43. The smallest absolute Gasteiger partial charge is 0.377 e. The molecule has 1 atom stereocenters. The molecular weight excluding hydrogens is 233 g/mol. The summed E-state index contributed by atoms with van der Waals surface area (Å²) in [6, 6.07) is 0. The molecule has 1 unspecified atom stereocenters. The van der Waals surface area contributed by atoms with Gasteiger partial charge >= 0.3 is 6.18 Å². The third kappa shape index (κ3) is 6.85. The van der Waals surface area contributed by atoms with Crippen LogP contribution in [0.3, 0.4) is 0 Å². The number of ether oxygens (including phenoxy) is 1. The average molecular weight is 254 g/mol. The Bertz CT molecular complexity index is 209. The Hall–Kier alpha value is -0.330. The molecule has 0 aromatic heterocycles. The molecule has 1 fully saturated rings. The number of piperidine rings is 1. The van der Waals surface area contributed by atoms with Gasteiger partial charge in [-0.25, -0.2) is 0 Å². The van der Waals surface area contributed by atoms with Crippen molar-refractivity contribution < 1.29 is 17.9 Å². The van der Waals surface area contributed by atoms with Crippen molar-refractivity contribution in [1.82, 2.24) is 10.2 Å². The van der Waals surface area contributed by atoms with E-state index in [1.165, 1.54) is 0 Å². The van der Waals surface area contributed by atoms with Crippen molar-refractivity contribution in [2.24, 2.45) is 0 Å².